The molecular formula is C22H23ClN2O. The molecule has 0 unspecified atom stereocenters. The van der Waals surface area contributed by atoms with Crippen LogP contribution in [0.25, 0.3) is 10.8 Å². The fourth-order valence-electron chi connectivity index (χ4n) is 2.97. The molecule has 0 bridgehead atoms. The van der Waals surface area contributed by atoms with Gasteiger partial charge in [0.15, 0.2) is 0 Å². The summed E-state index contributed by atoms with van der Waals surface area (Å²) < 4.78 is 0. The Hall–Kier alpha value is -2.52. The Morgan fingerprint density at radius 2 is 1.65 bits per heavy atom. The van der Waals surface area contributed by atoms with Gasteiger partial charge in [-0.25, -0.2) is 0 Å². The van der Waals surface area contributed by atoms with Gasteiger partial charge in [0.25, 0.3) is 0 Å². The highest BCUT2D eigenvalue weighted by Crippen LogP contribution is 2.22. The second kappa shape index (κ2) is 9.25. The van der Waals surface area contributed by atoms with Crippen molar-refractivity contribution in [2.75, 3.05) is 18.4 Å². The number of aryl methyl sites for hydroxylation is 1. The lowest BCUT2D eigenvalue weighted by Gasteiger charge is -2.10. The lowest BCUT2D eigenvalue weighted by Crippen LogP contribution is -2.28. The van der Waals surface area contributed by atoms with Crippen LogP contribution in [0.4, 0.5) is 5.69 Å². The zero-order chi connectivity index (χ0) is 18.2. The van der Waals surface area contributed by atoms with Crippen molar-refractivity contribution >= 4 is 34.0 Å². The number of fused-ring (bicyclic) bond motifs is 1. The molecule has 0 saturated carbocycles. The van der Waals surface area contributed by atoms with Crippen LogP contribution in [0.15, 0.2) is 66.7 Å². The number of hydrogen-bond donors (Lipinski definition) is 2. The summed E-state index contributed by atoms with van der Waals surface area (Å²) in [4.78, 5) is 12.0. The lowest BCUT2D eigenvalue weighted by atomic mass is 10.1. The number of benzene rings is 3. The number of halogens is 1. The first kappa shape index (κ1) is 18.3. The van der Waals surface area contributed by atoms with Crippen LogP contribution < -0.4 is 10.6 Å². The molecule has 0 heterocycles. The predicted molar refractivity (Wildman–Crippen MR) is 110 cm³/mol. The van der Waals surface area contributed by atoms with Gasteiger partial charge in [0.2, 0.25) is 5.91 Å². The molecule has 0 radical (unpaired) electrons. The molecule has 3 nitrogen and oxygen atoms in total. The summed E-state index contributed by atoms with van der Waals surface area (Å²) in [7, 11) is 0. The second-order valence-corrected chi connectivity index (χ2v) is 6.72. The maximum absolute atomic E-state index is 12.0. The Balaban J connectivity index is 1.36. The topological polar surface area (TPSA) is 41.1 Å². The molecule has 3 aromatic rings. The lowest BCUT2D eigenvalue weighted by molar-refractivity contribution is -0.121. The van der Waals surface area contributed by atoms with E-state index < -0.39 is 0 Å². The van der Waals surface area contributed by atoms with E-state index in [9.17, 15) is 4.79 Å². The Labute approximate surface area is 159 Å². The third kappa shape index (κ3) is 5.24. The largest absolute Gasteiger partial charge is 0.383 e. The Kier molecular flexibility index (Phi) is 6.50. The summed E-state index contributed by atoms with van der Waals surface area (Å²) in [5.41, 5.74) is 2.31. The van der Waals surface area contributed by atoms with E-state index in [1.807, 2.05) is 42.5 Å². The highest BCUT2D eigenvalue weighted by atomic mass is 35.5. The number of carbonyl (C=O) groups is 1. The first-order valence-corrected chi connectivity index (χ1v) is 9.33. The van der Waals surface area contributed by atoms with E-state index in [0.717, 1.165) is 23.6 Å². The van der Waals surface area contributed by atoms with Crippen molar-refractivity contribution in [3.8, 4) is 0 Å². The number of rotatable bonds is 8. The van der Waals surface area contributed by atoms with Gasteiger partial charge in [-0.2, -0.15) is 0 Å². The van der Waals surface area contributed by atoms with Crippen molar-refractivity contribution in [2.24, 2.45) is 0 Å². The third-order valence-corrected chi connectivity index (χ3v) is 4.59. The highest BCUT2D eigenvalue weighted by Gasteiger charge is 2.03. The molecule has 0 aliphatic heterocycles. The Bertz CT molecular complexity index is 856. The monoisotopic (exact) mass is 366 g/mol. The van der Waals surface area contributed by atoms with Crippen molar-refractivity contribution in [1.82, 2.24) is 5.32 Å². The quantitative estimate of drug-likeness (QED) is 0.548. The van der Waals surface area contributed by atoms with Gasteiger partial charge in [0.1, 0.15) is 0 Å². The predicted octanol–water partition coefficient (Wildman–Crippen LogP) is 5.04. The van der Waals surface area contributed by atoms with Crippen molar-refractivity contribution in [2.45, 2.75) is 19.3 Å². The van der Waals surface area contributed by atoms with E-state index >= 15 is 0 Å². The Morgan fingerprint density at radius 3 is 2.50 bits per heavy atom. The smallest absolute Gasteiger partial charge is 0.220 e. The van der Waals surface area contributed by atoms with E-state index in [-0.39, 0.29) is 5.91 Å². The molecule has 4 heteroatoms. The van der Waals surface area contributed by atoms with Crippen molar-refractivity contribution in [1.29, 1.82) is 0 Å². The summed E-state index contributed by atoms with van der Waals surface area (Å²) >= 11 is 5.87. The molecule has 0 aromatic heterocycles. The number of hydrogen-bond acceptors (Lipinski definition) is 2. The minimum absolute atomic E-state index is 0.0960. The molecule has 3 aromatic carbocycles. The first-order valence-electron chi connectivity index (χ1n) is 8.95. The van der Waals surface area contributed by atoms with Gasteiger partial charge < -0.3 is 10.6 Å². The molecule has 1 amide bonds. The first-order chi connectivity index (χ1) is 12.7. The molecule has 0 aliphatic carbocycles. The third-order valence-electron chi connectivity index (χ3n) is 4.33. The van der Waals surface area contributed by atoms with E-state index in [0.29, 0.717) is 19.5 Å². The van der Waals surface area contributed by atoms with Crippen LogP contribution in [0.1, 0.15) is 18.4 Å². The molecule has 26 heavy (non-hydrogen) atoms. The molecule has 0 spiro atoms. The summed E-state index contributed by atoms with van der Waals surface area (Å²) in [6, 6.07) is 22.3. The van der Waals surface area contributed by atoms with Gasteiger partial charge in [0.05, 0.1) is 0 Å². The standard InChI is InChI=1S/C22H23ClN2O/c23-19-13-11-17(12-14-19)5-3-10-22(26)25-16-15-24-21-9-4-7-18-6-1-2-8-20(18)21/h1-2,4,6-9,11-14,24H,3,5,10,15-16H2,(H,25,26). The number of amides is 1. The summed E-state index contributed by atoms with van der Waals surface area (Å²) in [6.07, 6.45) is 2.26. The summed E-state index contributed by atoms with van der Waals surface area (Å²) in [5, 5.41) is 9.53. The van der Waals surface area contributed by atoms with Gasteiger partial charge in [-0.05, 0) is 42.0 Å². The van der Waals surface area contributed by atoms with Crippen molar-refractivity contribution in [3.05, 3.63) is 77.3 Å². The maximum Gasteiger partial charge on any atom is 0.220 e. The average molecular weight is 367 g/mol. The zero-order valence-corrected chi connectivity index (χ0v) is 15.4. The average Bonchev–Trinajstić information content (AvgIpc) is 2.67. The van der Waals surface area contributed by atoms with Crippen LogP contribution >= 0.6 is 11.6 Å². The number of nitrogens with one attached hydrogen (secondary N) is 2. The van der Waals surface area contributed by atoms with Gasteiger partial charge >= 0.3 is 0 Å². The van der Waals surface area contributed by atoms with Crippen LogP contribution in [-0.2, 0) is 11.2 Å². The normalized spacial score (nSPS) is 10.7. The van der Waals surface area contributed by atoms with Crippen LogP contribution in [0.5, 0.6) is 0 Å². The molecule has 0 aliphatic rings. The maximum atomic E-state index is 12.0. The molecule has 0 atom stereocenters. The molecule has 0 saturated heterocycles. The van der Waals surface area contributed by atoms with Gasteiger partial charge in [0, 0.05) is 35.6 Å². The summed E-state index contributed by atoms with van der Waals surface area (Å²) in [5.74, 6) is 0.0960. The molecule has 0 fully saturated rings. The van der Waals surface area contributed by atoms with E-state index in [1.54, 1.807) is 0 Å². The van der Waals surface area contributed by atoms with E-state index in [1.165, 1.54) is 16.3 Å². The second-order valence-electron chi connectivity index (χ2n) is 6.28. The van der Waals surface area contributed by atoms with Crippen LogP contribution in [0.2, 0.25) is 5.02 Å². The van der Waals surface area contributed by atoms with E-state index in [2.05, 4.69) is 34.9 Å². The molecule has 2 N–H and O–H groups in total. The van der Waals surface area contributed by atoms with Crippen LogP contribution in [0, 0.1) is 0 Å². The van der Waals surface area contributed by atoms with Crippen LogP contribution in [-0.4, -0.2) is 19.0 Å². The Morgan fingerprint density at radius 1 is 0.885 bits per heavy atom. The van der Waals surface area contributed by atoms with Gasteiger partial charge in [-0.3, -0.25) is 4.79 Å². The SMILES string of the molecule is O=C(CCCc1ccc(Cl)cc1)NCCNc1cccc2ccccc12. The number of carbonyl (C=O) groups excluding carboxylic acids is 1. The summed E-state index contributed by atoms with van der Waals surface area (Å²) in [6.45, 7) is 1.32. The number of anilines is 1. The minimum Gasteiger partial charge on any atom is -0.383 e. The van der Waals surface area contributed by atoms with Gasteiger partial charge in [-0.1, -0.05) is 60.1 Å². The van der Waals surface area contributed by atoms with Crippen molar-refractivity contribution in [3.63, 3.8) is 0 Å². The van der Waals surface area contributed by atoms with E-state index in [4.69, 9.17) is 11.6 Å². The molecule has 134 valence electrons. The molecular weight excluding hydrogens is 344 g/mol. The molecule has 3 rings (SSSR count). The van der Waals surface area contributed by atoms with Gasteiger partial charge in [-0.15, -0.1) is 0 Å². The van der Waals surface area contributed by atoms with Crippen molar-refractivity contribution < 1.29 is 4.79 Å². The fourth-order valence-corrected chi connectivity index (χ4v) is 3.10. The highest BCUT2D eigenvalue weighted by molar-refractivity contribution is 6.30. The minimum atomic E-state index is 0.0960. The van der Waals surface area contributed by atoms with Crippen LogP contribution in [0.3, 0.4) is 0 Å². The zero-order valence-electron chi connectivity index (χ0n) is 14.7. The fraction of sp³-hybridized carbons (Fsp3) is 0.227.